The third-order valence-corrected chi connectivity index (χ3v) is 5.19. The van der Waals surface area contributed by atoms with Gasteiger partial charge in [-0.3, -0.25) is 9.48 Å². The van der Waals surface area contributed by atoms with Gasteiger partial charge in [0.2, 0.25) is 15.9 Å². The van der Waals surface area contributed by atoms with Gasteiger partial charge < -0.3 is 10.2 Å². The zero-order chi connectivity index (χ0) is 17.0. The molecule has 1 N–H and O–H groups in total. The Labute approximate surface area is 137 Å². The Balaban J connectivity index is 1.73. The zero-order valence-corrected chi connectivity index (χ0v) is 14.7. The number of nitrogens with zero attached hydrogens (tertiary/aromatic N) is 4. The lowest BCUT2D eigenvalue weighted by Crippen LogP contribution is -2.52. The zero-order valence-electron chi connectivity index (χ0n) is 13.9. The van der Waals surface area contributed by atoms with Crippen molar-refractivity contribution in [1.29, 1.82) is 0 Å². The van der Waals surface area contributed by atoms with Gasteiger partial charge in [0.15, 0.2) is 0 Å². The molecule has 0 aliphatic carbocycles. The molecule has 130 valence electrons. The summed E-state index contributed by atoms with van der Waals surface area (Å²) in [5.41, 5.74) is 1.11. The highest BCUT2D eigenvalue weighted by Crippen LogP contribution is 2.06. The van der Waals surface area contributed by atoms with Crippen LogP contribution < -0.4 is 5.32 Å². The number of sulfonamides is 1. The third-order valence-electron chi connectivity index (χ3n) is 3.89. The molecule has 0 aromatic carbocycles. The number of piperazine rings is 1. The Kier molecular flexibility index (Phi) is 5.77. The summed E-state index contributed by atoms with van der Waals surface area (Å²) in [6, 6.07) is 0.121. The number of carbonyl (C=O) groups excluding carboxylic acids is 1. The standard InChI is InChI=1S/C14H25N5O3S/c1-12-8-16-18(10-12)11-13(2)15-9-14(20)17-4-6-19(7-5-17)23(3,21)22/h8,10,13,15H,4-7,9,11H2,1-3H3/t13-/m1/s1. The van der Waals surface area contributed by atoms with Crippen LogP contribution >= 0.6 is 0 Å². The summed E-state index contributed by atoms with van der Waals surface area (Å²) in [6.07, 6.45) is 4.97. The van der Waals surface area contributed by atoms with Crippen LogP contribution in [0.25, 0.3) is 0 Å². The fourth-order valence-corrected chi connectivity index (χ4v) is 3.38. The summed E-state index contributed by atoms with van der Waals surface area (Å²) in [5.74, 6) is 0.00152. The van der Waals surface area contributed by atoms with Gasteiger partial charge in [-0.25, -0.2) is 8.42 Å². The third kappa shape index (κ3) is 5.29. The predicted molar refractivity (Wildman–Crippen MR) is 87.4 cm³/mol. The SMILES string of the molecule is Cc1cnn(C[C@@H](C)NCC(=O)N2CCN(S(C)(=O)=O)CC2)c1. The van der Waals surface area contributed by atoms with Gasteiger partial charge in [-0.2, -0.15) is 9.40 Å². The van der Waals surface area contributed by atoms with Gasteiger partial charge in [-0.1, -0.05) is 0 Å². The molecular weight excluding hydrogens is 318 g/mol. The van der Waals surface area contributed by atoms with Crippen molar-refractivity contribution in [1.82, 2.24) is 24.3 Å². The lowest BCUT2D eigenvalue weighted by atomic mass is 10.3. The van der Waals surface area contributed by atoms with Gasteiger partial charge in [0.25, 0.3) is 0 Å². The first kappa shape index (κ1) is 17.9. The average molecular weight is 343 g/mol. The monoisotopic (exact) mass is 343 g/mol. The maximum atomic E-state index is 12.2. The molecule has 2 heterocycles. The smallest absolute Gasteiger partial charge is 0.236 e. The second-order valence-corrected chi connectivity index (χ2v) is 8.05. The fourth-order valence-electron chi connectivity index (χ4n) is 2.55. The van der Waals surface area contributed by atoms with Crippen molar-refractivity contribution >= 4 is 15.9 Å². The first-order valence-electron chi connectivity index (χ1n) is 7.71. The van der Waals surface area contributed by atoms with E-state index in [2.05, 4.69) is 10.4 Å². The summed E-state index contributed by atoms with van der Waals surface area (Å²) in [6.45, 7) is 6.57. The van der Waals surface area contributed by atoms with Crippen molar-refractivity contribution in [2.45, 2.75) is 26.4 Å². The van der Waals surface area contributed by atoms with E-state index in [1.807, 2.05) is 24.7 Å². The molecule has 1 fully saturated rings. The second kappa shape index (κ2) is 7.41. The minimum absolute atomic E-state index is 0.00152. The molecule has 23 heavy (non-hydrogen) atoms. The molecule has 1 aliphatic heterocycles. The van der Waals surface area contributed by atoms with E-state index in [-0.39, 0.29) is 18.5 Å². The lowest BCUT2D eigenvalue weighted by Gasteiger charge is -2.33. The van der Waals surface area contributed by atoms with E-state index in [1.165, 1.54) is 10.6 Å². The Morgan fingerprint density at radius 1 is 1.35 bits per heavy atom. The fraction of sp³-hybridized carbons (Fsp3) is 0.714. The van der Waals surface area contributed by atoms with Gasteiger partial charge in [0, 0.05) is 38.4 Å². The summed E-state index contributed by atoms with van der Waals surface area (Å²) >= 11 is 0. The molecule has 0 bridgehead atoms. The Hall–Kier alpha value is -1.45. The van der Waals surface area contributed by atoms with Crippen molar-refractivity contribution in [3.8, 4) is 0 Å². The molecular formula is C14H25N5O3S. The molecule has 9 heteroatoms. The molecule has 2 rings (SSSR count). The molecule has 0 spiro atoms. The van der Waals surface area contributed by atoms with Crippen molar-refractivity contribution in [2.75, 3.05) is 39.0 Å². The lowest BCUT2D eigenvalue weighted by molar-refractivity contribution is -0.131. The number of hydrogen-bond donors (Lipinski definition) is 1. The maximum Gasteiger partial charge on any atom is 0.236 e. The summed E-state index contributed by atoms with van der Waals surface area (Å²) in [7, 11) is -3.16. The molecule has 1 saturated heterocycles. The van der Waals surface area contributed by atoms with Crippen molar-refractivity contribution in [3.05, 3.63) is 18.0 Å². The minimum Gasteiger partial charge on any atom is -0.339 e. The number of amides is 1. The predicted octanol–water partition coefficient (Wildman–Crippen LogP) is -0.727. The molecule has 0 unspecified atom stereocenters. The van der Waals surface area contributed by atoms with Crippen LogP contribution in [0.2, 0.25) is 0 Å². The first-order chi connectivity index (χ1) is 10.8. The van der Waals surface area contributed by atoms with E-state index >= 15 is 0 Å². The van der Waals surface area contributed by atoms with Gasteiger partial charge >= 0.3 is 0 Å². The number of carbonyl (C=O) groups is 1. The van der Waals surface area contributed by atoms with E-state index in [9.17, 15) is 13.2 Å². The number of nitrogens with one attached hydrogen (secondary N) is 1. The molecule has 8 nitrogen and oxygen atoms in total. The van der Waals surface area contributed by atoms with E-state index in [4.69, 9.17) is 0 Å². The van der Waals surface area contributed by atoms with Crippen molar-refractivity contribution in [3.63, 3.8) is 0 Å². The second-order valence-electron chi connectivity index (χ2n) is 6.06. The largest absolute Gasteiger partial charge is 0.339 e. The summed E-state index contributed by atoms with van der Waals surface area (Å²) in [5, 5.41) is 7.42. The number of rotatable bonds is 6. The van der Waals surface area contributed by atoms with Crippen LogP contribution in [-0.2, 0) is 21.4 Å². The summed E-state index contributed by atoms with van der Waals surface area (Å²) < 4.78 is 26.2. The van der Waals surface area contributed by atoms with Crippen LogP contribution in [0.5, 0.6) is 0 Å². The number of aromatic nitrogens is 2. The van der Waals surface area contributed by atoms with Crippen LogP contribution in [0.1, 0.15) is 12.5 Å². The van der Waals surface area contributed by atoms with Crippen LogP contribution in [0.15, 0.2) is 12.4 Å². The van der Waals surface area contributed by atoms with Gasteiger partial charge in [-0.15, -0.1) is 0 Å². The Bertz CT molecular complexity index is 635. The van der Waals surface area contributed by atoms with Gasteiger partial charge in [0.05, 0.1) is 25.5 Å². The van der Waals surface area contributed by atoms with Gasteiger partial charge in [0.1, 0.15) is 0 Å². The molecule has 0 radical (unpaired) electrons. The number of aryl methyl sites for hydroxylation is 1. The highest BCUT2D eigenvalue weighted by molar-refractivity contribution is 7.88. The molecule has 1 aliphatic rings. The van der Waals surface area contributed by atoms with Crippen LogP contribution in [0, 0.1) is 6.92 Å². The Morgan fingerprint density at radius 3 is 2.52 bits per heavy atom. The molecule has 1 aromatic heterocycles. The molecule has 0 saturated carbocycles. The molecule has 1 amide bonds. The van der Waals surface area contributed by atoms with E-state index in [0.717, 1.165) is 5.56 Å². The Morgan fingerprint density at radius 2 is 2.00 bits per heavy atom. The van der Waals surface area contributed by atoms with E-state index < -0.39 is 10.0 Å². The molecule has 1 atom stereocenters. The van der Waals surface area contributed by atoms with Crippen molar-refractivity contribution < 1.29 is 13.2 Å². The topological polar surface area (TPSA) is 87.5 Å². The first-order valence-corrected chi connectivity index (χ1v) is 9.56. The van der Waals surface area contributed by atoms with Crippen LogP contribution in [0.4, 0.5) is 0 Å². The number of hydrogen-bond acceptors (Lipinski definition) is 5. The molecule has 1 aromatic rings. The van der Waals surface area contributed by atoms with Crippen LogP contribution in [0.3, 0.4) is 0 Å². The van der Waals surface area contributed by atoms with Gasteiger partial charge in [-0.05, 0) is 19.4 Å². The normalized spacial score (nSPS) is 18.1. The van der Waals surface area contributed by atoms with E-state index in [0.29, 0.717) is 32.7 Å². The summed E-state index contributed by atoms with van der Waals surface area (Å²) in [4.78, 5) is 13.9. The van der Waals surface area contributed by atoms with Crippen molar-refractivity contribution in [2.24, 2.45) is 0 Å². The highest BCUT2D eigenvalue weighted by Gasteiger charge is 2.25. The minimum atomic E-state index is -3.16. The quantitative estimate of drug-likeness (QED) is 0.736. The van der Waals surface area contributed by atoms with Crippen LogP contribution in [-0.4, -0.2) is 78.3 Å². The van der Waals surface area contributed by atoms with E-state index in [1.54, 1.807) is 11.1 Å². The maximum absolute atomic E-state index is 12.2. The highest BCUT2D eigenvalue weighted by atomic mass is 32.2. The average Bonchev–Trinajstić information content (AvgIpc) is 2.89.